The van der Waals surface area contributed by atoms with Gasteiger partial charge in [-0.1, -0.05) is 112 Å². The van der Waals surface area contributed by atoms with Gasteiger partial charge in [0.05, 0.1) is 11.0 Å². The Morgan fingerprint density at radius 2 is 1.00 bits per heavy atom. The Balaban J connectivity index is 2.15. The second-order valence-electron chi connectivity index (χ2n) is 15.1. The fourth-order valence-corrected chi connectivity index (χ4v) is 6.97. The van der Waals surface area contributed by atoms with Gasteiger partial charge in [-0.3, -0.25) is 9.59 Å². The molecule has 0 aliphatic rings. The van der Waals surface area contributed by atoms with Crippen LogP contribution in [0.15, 0.2) is 24.3 Å². The highest BCUT2D eigenvalue weighted by Crippen LogP contribution is 2.43. The van der Waals surface area contributed by atoms with E-state index in [1.807, 2.05) is 114 Å². The Morgan fingerprint density at radius 3 is 1.31 bits per heavy atom. The van der Waals surface area contributed by atoms with Gasteiger partial charge in [0.1, 0.15) is 11.5 Å². The normalized spacial score (nSPS) is 13.5. The largest absolute Gasteiger partial charge is 0.507 e. The first-order chi connectivity index (χ1) is 19.0. The molecule has 2 rings (SSSR count). The number of hydrogen-bond donors (Lipinski definition) is 4. The topological polar surface area (TPSA) is 98.7 Å². The summed E-state index contributed by atoms with van der Waals surface area (Å²) in [5.74, 6) is 0.411. The minimum Gasteiger partial charge on any atom is -0.507 e. The van der Waals surface area contributed by atoms with Gasteiger partial charge in [0.15, 0.2) is 0 Å². The van der Waals surface area contributed by atoms with Gasteiger partial charge in [0, 0.05) is 33.6 Å². The molecule has 1 unspecified atom stereocenters. The van der Waals surface area contributed by atoms with Crippen LogP contribution in [-0.4, -0.2) is 33.0 Å². The third-order valence-corrected chi connectivity index (χ3v) is 9.80. The van der Waals surface area contributed by atoms with Crippen molar-refractivity contribution in [3.05, 3.63) is 46.5 Å². The van der Waals surface area contributed by atoms with Crippen LogP contribution < -0.4 is 10.6 Å². The van der Waals surface area contributed by atoms with Crippen molar-refractivity contribution < 1.29 is 19.8 Å². The molecule has 6 nitrogen and oxygen atoms in total. The molecule has 0 aliphatic heterocycles. The lowest BCUT2D eigenvalue weighted by Crippen LogP contribution is -2.25. The summed E-state index contributed by atoms with van der Waals surface area (Å²) in [6.07, 6.45) is 0.601. The molecule has 0 radical (unpaired) electrons. The van der Waals surface area contributed by atoms with E-state index < -0.39 is 0 Å². The number of benzene rings is 2. The number of carbonyl (C=O) groups is 2. The zero-order valence-electron chi connectivity index (χ0n) is 27.8. The van der Waals surface area contributed by atoms with Gasteiger partial charge in [-0.05, 0) is 52.3 Å². The van der Waals surface area contributed by atoms with Crippen LogP contribution in [0.25, 0.3) is 0 Å². The standard InChI is InChI=1S/C34H52N2O4S2/c1-14-26(30(40)36-21-17-24(33(8,9)10)29(39)25(18-21)34(11,12)13)42-41-19-27(37)35-20-15-22(31(2,3)4)28(38)23(16-20)32(5,6)7/h15-18,26,38-39H,14,19H2,1-13H3,(H,35,37)(H,36,40). The Kier molecular flexibility index (Phi) is 11.2. The lowest BCUT2D eigenvalue weighted by atomic mass is 9.79. The zero-order valence-corrected chi connectivity index (χ0v) is 29.5. The third-order valence-electron chi connectivity index (χ3n) is 7.04. The van der Waals surface area contributed by atoms with Crippen molar-refractivity contribution in [2.24, 2.45) is 0 Å². The summed E-state index contributed by atoms with van der Waals surface area (Å²) in [5.41, 5.74) is 3.27. The number of rotatable bonds is 8. The smallest absolute Gasteiger partial charge is 0.238 e. The van der Waals surface area contributed by atoms with Crippen molar-refractivity contribution in [3.8, 4) is 11.5 Å². The number of aromatic hydroxyl groups is 2. The lowest BCUT2D eigenvalue weighted by Gasteiger charge is -2.28. The molecule has 0 heterocycles. The van der Waals surface area contributed by atoms with Crippen LogP contribution in [0, 0.1) is 0 Å². The van der Waals surface area contributed by atoms with Crippen LogP contribution in [0.3, 0.4) is 0 Å². The molecule has 2 aromatic carbocycles. The maximum absolute atomic E-state index is 13.3. The number of phenols is 2. The van der Waals surface area contributed by atoms with Gasteiger partial charge in [-0.2, -0.15) is 0 Å². The molecule has 0 fully saturated rings. The lowest BCUT2D eigenvalue weighted by molar-refractivity contribution is -0.116. The van der Waals surface area contributed by atoms with Gasteiger partial charge in [-0.25, -0.2) is 0 Å². The monoisotopic (exact) mass is 616 g/mol. The molecule has 1 atom stereocenters. The summed E-state index contributed by atoms with van der Waals surface area (Å²) in [5, 5.41) is 27.7. The highest BCUT2D eigenvalue weighted by Gasteiger charge is 2.29. The Morgan fingerprint density at radius 1 is 0.667 bits per heavy atom. The van der Waals surface area contributed by atoms with E-state index in [0.29, 0.717) is 17.8 Å². The Hall–Kier alpha value is -2.32. The van der Waals surface area contributed by atoms with Crippen LogP contribution in [0.4, 0.5) is 11.4 Å². The highest BCUT2D eigenvalue weighted by atomic mass is 33.1. The van der Waals surface area contributed by atoms with Gasteiger partial charge in [0.2, 0.25) is 11.8 Å². The van der Waals surface area contributed by atoms with Gasteiger partial charge in [-0.15, -0.1) is 0 Å². The molecule has 234 valence electrons. The van der Waals surface area contributed by atoms with Gasteiger partial charge < -0.3 is 20.8 Å². The first-order valence-electron chi connectivity index (χ1n) is 14.6. The molecule has 0 saturated heterocycles. The van der Waals surface area contributed by atoms with Crippen LogP contribution in [-0.2, 0) is 31.2 Å². The van der Waals surface area contributed by atoms with E-state index >= 15 is 0 Å². The van der Waals surface area contributed by atoms with E-state index in [1.54, 1.807) is 0 Å². The predicted molar refractivity (Wildman–Crippen MR) is 182 cm³/mol. The summed E-state index contributed by atoms with van der Waals surface area (Å²) in [6.45, 7) is 26.4. The Bertz CT molecular complexity index is 1220. The van der Waals surface area contributed by atoms with Crippen molar-refractivity contribution in [2.45, 2.75) is 123 Å². The molecule has 0 aliphatic carbocycles. The summed E-state index contributed by atoms with van der Waals surface area (Å²) >= 11 is 0. The van der Waals surface area contributed by atoms with E-state index in [2.05, 4.69) is 10.6 Å². The number of carbonyl (C=O) groups excluding carboxylic acids is 2. The minimum atomic E-state index is -0.360. The van der Waals surface area contributed by atoms with Crippen molar-refractivity contribution in [1.82, 2.24) is 0 Å². The fourth-order valence-electron chi connectivity index (χ4n) is 4.59. The number of hydrogen-bond acceptors (Lipinski definition) is 6. The molecule has 0 saturated carbocycles. The summed E-state index contributed by atoms with van der Waals surface area (Å²) in [6, 6.07) is 7.40. The first kappa shape index (κ1) is 35.9. The second kappa shape index (κ2) is 13.1. The van der Waals surface area contributed by atoms with Crippen LogP contribution in [0.1, 0.15) is 119 Å². The van der Waals surface area contributed by atoms with E-state index in [9.17, 15) is 19.8 Å². The maximum atomic E-state index is 13.3. The van der Waals surface area contributed by atoms with Crippen LogP contribution in [0.5, 0.6) is 11.5 Å². The number of amides is 2. The average Bonchev–Trinajstić information content (AvgIpc) is 2.80. The summed E-state index contributed by atoms with van der Waals surface area (Å²) in [4.78, 5) is 26.2. The van der Waals surface area contributed by atoms with Crippen molar-refractivity contribution in [3.63, 3.8) is 0 Å². The zero-order chi connectivity index (χ0) is 32.4. The van der Waals surface area contributed by atoms with Crippen LogP contribution in [0.2, 0.25) is 0 Å². The summed E-state index contributed by atoms with van der Waals surface area (Å²) < 4.78 is 0. The number of anilines is 2. The highest BCUT2D eigenvalue weighted by molar-refractivity contribution is 8.77. The second-order valence-corrected chi connectivity index (χ2v) is 17.7. The predicted octanol–water partition coefficient (Wildman–Crippen LogP) is 9.03. The van der Waals surface area contributed by atoms with Crippen LogP contribution >= 0.6 is 21.6 Å². The van der Waals surface area contributed by atoms with E-state index in [4.69, 9.17) is 0 Å². The molecular formula is C34H52N2O4S2. The Labute approximate surface area is 261 Å². The average molecular weight is 617 g/mol. The van der Waals surface area contributed by atoms with Crippen molar-refractivity contribution in [1.29, 1.82) is 0 Å². The number of phenolic OH excluding ortho intramolecular Hbond substituents is 2. The molecule has 42 heavy (non-hydrogen) atoms. The molecule has 2 aromatic rings. The molecule has 8 heteroatoms. The van der Waals surface area contributed by atoms with E-state index in [0.717, 1.165) is 22.3 Å². The molecule has 4 N–H and O–H groups in total. The fraction of sp³-hybridized carbons (Fsp3) is 0.588. The minimum absolute atomic E-state index is 0.135. The molecular weight excluding hydrogens is 565 g/mol. The SMILES string of the molecule is CCC(SSCC(=O)Nc1cc(C(C)(C)C)c(O)c(C(C)(C)C)c1)C(=O)Nc1cc(C(C)(C)C)c(O)c(C(C)(C)C)c1. The molecule has 0 spiro atoms. The quantitative estimate of drug-likeness (QED) is 0.174. The maximum Gasteiger partial charge on any atom is 0.238 e. The third kappa shape index (κ3) is 9.34. The molecule has 0 aromatic heterocycles. The first-order valence-corrected chi connectivity index (χ1v) is 17.0. The van der Waals surface area contributed by atoms with Gasteiger partial charge in [0.25, 0.3) is 0 Å². The van der Waals surface area contributed by atoms with Gasteiger partial charge >= 0.3 is 0 Å². The molecule has 2 amide bonds. The van der Waals surface area contributed by atoms with E-state index in [-0.39, 0.29) is 56.0 Å². The summed E-state index contributed by atoms with van der Waals surface area (Å²) in [7, 11) is 2.73. The van der Waals surface area contributed by atoms with E-state index in [1.165, 1.54) is 21.6 Å². The molecule has 0 bridgehead atoms. The van der Waals surface area contributed by atoms with Crippen molar-refractivity contribution in [2.75, 3.05) is 16.4 Å². The number of nitrogens with one attached hydrogen (secondary N) is 2. The van der Waals surface area contributed by atoms with Crippen molar-refractivity contribution >= 4 is 44.8 Å².